The lowest BCUT2D eigenvalue weighted by molar-refractivity contribution is -0.116. The number of hydrogen-bond donors (Lipinski definition) is 1. The Morgan fingerprint density at radius 3 is 2.59 bits per heavy atom. The van der Waals surface area contributed by atoms with E-state index >= 15 is 0 Å². The number of benzene rings is 1. The number of rotatable bonds is 3. The lowest BCUT2D eigenvalue weighted by Gasteiger charge is -2.20. The zero-order valence-corrected chi connectivity index (χ0v) is 15.5. The van der Waals surface area contributed by atoms with Crippen molar-refractivity contribution in [2.24, 2.45) is 0 Å². The van der Waals surface area contributed by atoms with E-state index in [2.05, 4.69) is 24.0 Å². The van der Waals surface area contributed by atoms with Gasteiger partial charge in [-0.1, -0.05) is 26.0 Å². The minimum atomic E-state index is -0.306. The second-order valence-electron chi connectivity index (χ2n) is 7.63. The lowest BCUT2D eigenvalue weighted by atomic mass is 9.90. The predicted molar refractivity (Wildman–Crippen MR) is 99.2 cm³/mol. The number of fused-ring (bicyclic) bond motifs is 3. The molecule has 6 nitrogen and oxygen atoms in total. The summed E-state index contributed by atoms with van der Waals surface area (Å²) in [6, 6.07) is 8.28. The van der Waals surface area contributed by atoms with Crippen LogP contribution in [0.25, 0.3) is 5.65 Å². The molecule has 3 aromatic rings. The van der Waals surface area contributed by atoms with Crippen molar-refractivity contribution in [3.63, 3.8) is 0 Å². The number of nitrogens with zero attached hydrogens (tertiary/aromatic N) is 4. The fraction of sp³-hybridized carbons (Fsp3) is 0.350. The minimum absolute atomic E-state index is 0.0347. The summed E-state index contributed by atoms with van der Waals surface area (Å²) in [5.74, 6) is 0.126. The molecule has 1 N–H and O–H groups in total. The first-order valence-electron chi connectivity index (χ1n) is 8.85. The van der Waals surface area contributed by atoms with Crippen LogP contribution in [0.4, 0.5) is 10.1 Å². The molecule has 0 unspecified atom stereocenters. The molecular formula is C20H21FN4O2. The number of halogens is 1. The van der Waals surface area contributed by atoms with Gasteiger partial charge in [0.1, 0.15) is 12.4 Å². The van der Waals surface area contributed by atoms with Crippen molar-refractivity contribution >= 4 is 17.2 Å². The van der Waals surface area contributed by atoms with Gasteiger partial charge in [-0.25, -0.2) is 4.39 Å². The van der Waals surface area contributed by atoms with Crippen molar-refractivity contribution in [3.05, 3.63) is 58.8 Å². The molecule has 1 amide bonds. The molecule has 0 bridgehead atoms. The Balaban J connectivity index is 1.96. The first-order chi connectivity index (χ1) is 12.8. The number of anilines is 1. The van der Waals surface area contributed by atoms with Crippen LogP contribution < -0.4 is 4.90 Å². The van der Waals surface area contributed by atoms with Crippen LogP contribution in [-0.2, 0) is 23.2 Å². The number of hydrogen-bond acceptors (Lipinski definition) is 4. The van der Waals surface area contributed by atoms with Gasteiger partial charge in [-0.15, -0.1) is 10.2 Å². The summed E-state index contributed by atoms with van der Waals surface area (Å²) in [7, 11) is 0. The van der Waals surface area contributed by atoms with E-state index in [0.717, 1.165) is 22.5 Å². The SMILES string of the molecule is CC(=O)N1CC(C)(C)c2c1cc(Cc1ccc(F)cc1)c1nnc(CO)n21. The van der Waals surface area contributed by atoms with Crippen LogP contribution in [0.15, 0.2) is 30.3 Å². The number of carbonyl (C=O) groups excluding carboxylic acids is 1. The van der Waals surface area contributed by atoms with Crippen LogP contribution in [0.1, 0.15) is 43.4 Å². The average Bonchev–Trinajstić information content (AvgIpc) is 3.15. The summed E-state index contributed by atoms with van der Waals surface area (Å²) in [6.45, 7) is 5.98. The molecule has 1 aliphatic rings. The van der Waals surface area contributed by atoms with Crippen LogP contribution in [0.5, 0.6) is 0 Å². The van der Waals surface area contributed by atoms with Crippen LogP contribution in [-0.4, -0.2) is 32.2 Å². The van der Waals surface area contributed by atoms with Gasteiger partial charge < -0.3 is 10.0 Å². The Hall–Kier alpha value is -2.80. The van der Waals surface area contributed by atoms with Gasteiger partial charge in [-0.3, -0.25) is 9.20 Å². The second kappa shape index (κ2) is 6.13. The molecule has 4 rings (SSSR count). The van der Waals surface area contributed by atoms with Crippen LogP contribution >= 0.6 is 0 Å². The van der Waals surface area contributed by atoms with E-state index in [1.54, 1.807) is 24.0 Å². The van der Waals surface area contributed by atoms with Crippen molar-refractivity contribution in [1.82, 2.24) is 14.6 Å². The van der Waals surface area contributed by atoms with Crippen LogP contribution in [0, 0.1) is 5.82 Å². The fourth-order valence-electron chi connectivity index (χ4n) is 3.92. The standard InChI is InChI=1S/C20H21FN4O2/c1-12(27)24-11-20(2,3)18-16(24)9-14(8-13-4-6-15(21)7-5-13)19-23-22-17(10-26)25(18)19/h4-7,9,26H,8,10-11H2,1-3H3. The quantitative estimate of drug-likeness (QED) is 0.771. The molecule has 7 heteroatoms. The Morgan fingerprint density at radius 2 is 1.96 bits per heavy atom. The molecule has 0 radical (unpaired) electrons. The molecule has 1 aromatic carbocycles. The first kappa shape index (κ1) is 17.6. The summed E-state index contributed by atoms with van der Waals surface area (Å²) < 4.78 is 15.1. The zero-order chi connectivity index (χ0) is 19.3. The van der Waals surface area contributed by atoms with Crippen molar-refractivity contribution in [1.29, 1.82) is 0 Å². The van der Waals surface area contributed by atoms with Gasteiger partial charge in [0, 0.05) is 30.9 Å². The highest BCUT2D eigenvalue weighted by molar-refractivity contribution is 5.95. The Labute approximate surface area is 156 Å². The minimum Gasteiger partial charge on any atom is -0.388 e. The van der Waals surface area contributed by atoms with Crippen LogP contribution in [0.2, 0.25) is 0 Å². The summed E-state index contributed by atoms with van der Waals surface area (Å²) in [6.07, 6.45) is 0.521. The molecule has 2 aromatic heterocycles. The largest absolute Gasteiger partial charge is 0.388 e. The van der Waals surface area contributed by atoms with E-state index in [1.165, 1.54) is 12.1 Å². The number of aliphatic hydroxyl groups excluding tert-OH is 1. The van der Waals surface area contributed by atoms with Gasteiger partial charge in [-0.05, 0) is 23.8 Å². The third kappa shape index (κ3) is 2.78. The fourth-order valence-corrected chi connectivity index (χ4v) is 3.92. The van der Waals surface area contributed by atoms with Gasteiger partial charge in [0.25, 0.3) is 0 Å². The Kier molecular flexibility index (Phi) is 3.99. The molecule has 3 heterocycles. The Morgan fingerprint density at radius 1 is 1.26 bits per heavy atom. The van der Waals surface area contributed by atoms with Crippen molar-refractivity contribution < 1.29 is 14.3 Å². The number of carbonyl (C=O) groups is 1. The Bertz CT molecular complexity index is 1040. The van der Waals surface area contributed by atoms with E-state index in [1.807, 2.05) is 10.5 Å². The number of aromatic nitrogens is 3. The molecule has 0 saturated carbocycles. The topological polar surface area (TPSA) is 70.7 Å². The van der Waals surface area contributed by atoms with Crippen molar-refractivity contribution in [2.75, 3.05) is 11.4 Å². The predicted octanol–water partition coefficient (Wildman–Crippen LogP) is 2.60. The second-order valence-corrected chi connectivity index (χ2v) is 7.63. The number of aliphatic hydroxyl groups is 1. The summed E-state index contributed by atoms with van der Waals surface area (Å²) >= 11 is 0. The summed E-state index contributed by atoms with van der Waals surface area (Å²) in [5.41, 5.74) is 3.88. The van der Waals surface area contributed by atoms with Gasteiger partial charge in [0.15, 0.2) is 11.5 Å². The van der Waals surface area contributed by atoms with Gasteiger partial charge in [-0.2, -0.15) is 0 Å². The maximum atomic E-state index is 13.2. The smallest absolute Gasteiger partial charge is 0.223 e. The maximum Gasteiger partial charge on any atom is 0.223 e. The third-order valence-corrected chi connectivity index (χ3v) is 5.11. The van der Waals surface area contributed by atoms with E-state index in [-0.39, 0.29) is 23.7 Å². The zero-order valence-electron chi connectivity index (χ0n) is 15.5. The number of pyridine rings is 1. The van der Waals surface area contributed by atoms with Gasteiger partial charge in [0.2, 0.25) is 5.91 Å². The van der Waals surface area contributed by atoms with Gasteiger partial charge >= 0.3 is 0 Å². The molecule has 0 atom stereocenters. The maximum absolute atomic E-state index is 13.2. The highest BCUT2D eigenvalue weighted by Gasteiger charge is 2.40. The molecule has 140 valence electrons. The van der Waals surface area contributed by atoms with Crippen LogP contribution in [0.3, 0.4) is 0 Å². The average molecular weight is 368 g/mol. The highest BCUT2D eigenvalue weighted by atomic mass is 19.1. The highest BCUT2D eigenvalue weighted by Crippen LogP contribution is 2.42. The van der Waals surface area contributed by atoms with E-state index in [9.17, 15) is 14.3 Å². The molecule has 0 spiro atoms. The van der Waals surface area contributed by atoms with E-state index in [4.69, 9.17) is 0 Å². The summed E-state index contributed by atoms with van der Waals surface area (Å²) in [5, 5.41) is 18.2. The summed E-state index contributed by atoms with van der Waals surface area (Å²) in [4.78, 5) is 14.0. The van der Waals surface area contributed by atoms with Gasteiger partial charge in [0.05, 0.1) is 11.4 Å². The normalized spacial score (nSPS) is 15.4. The molecular weight excluding hydrogens is 347 g/mol. The lowest BCUT2D eigenvalue weighted by Crippen LogP contribution is -2.32. The first-order valence-corrected chi connectivity index (χ1v) is 8.85. The molecule has 27 heavy (non-hydrogen) atoms. The monoisotopic (exact) mass is 368 g/mol. The molecule has 1 aliphatic heterocycles. The number of amides is 1. The van der Waals surface area contributed by atoms with Crippen molar-refractivity contribution in [3.8, 4) is 0 Å². The van der Waals surface area contributed by atoms with E-state index < -0.39 is 0 Å². The molecule has 0 aliphatic carbocycles. The van der Waals surface area contributed by atoms with E-state index in [0.29, 0.717) is 24.4 Å². The molecule has 0 fully saturated rings. The third-order valence-electron chi connectivity index (χ3n) is 5.11. The molecule has 0 saturated heterocycles. The van der Waals surface area contributed by atoms with Crippen molar-refractivity contribution in [2.45, 2.75) is 39.2 Å².